The lowest BCUT2D eigenvalue weighted by Crippen LogP contribution is -1.96. The Kier molecular flexibility index (Phi) is 2.33. The number of aryl methyl sites for hydroxylation is 1. The van der Waals surface area contributed by atoms with Gasteiger partial charge in [0.25, 0.3) is 0 Å². The molecule has 0 saturated carbocycles. The van der Waals surface area contributed by atoms with Gasteiger partial charge in [-0.25, -0.2) is 0 Å². The minimum Gasteiger partial charge on any atom is -0.496 e. The standard InChI is InChI=1S/C11H13N3O/c1-14-10(5-6-13-14)9-4-3-8(12)7-11(9)15-2/h3-7H,12H2,1-2H3. The number of aromatic nitrogens is 2. The molecule has 0 amide bonds. The maximum Gasteiger partial charge on any atom is 0.130 e. The summed E-state index contributed by atoms with van der Waals surface area (Å²) in [6.07, 6.45) is 1.76. The van der Waals surface area contributed by atoms with Crippen molar-refractivity contribution in [1.29, 1.82) is 0 Å². The largest absolute Gasteiger partial charge is 0.496 e. The van der Waals surface area contributed by atoms with Crippen LogP contribution in [-0.2, 0) is 7.05 Å². The number of nitrogens with two attached hydrogens (primary N) is 1. The molecule has 2 rings (SSSR count). The lowest BCUT2D eigenvalue weighted by molar-refractivity contribution is 0.416. The van der Waals surface area contributed by atoms with Gasteiger partial charge in [-0.05, 0) is 18.2 Å². The monoisotopic (exact) mass is 203 g/mol. The predicted molar refractivity (Wildman–Crippen MR) is 59.6 cm³/mol. The van der Waals surface area contributed by atoms with Gasteiger partial charge in [0.1, 0.15) is 5.75 Å². The van der Waals surface area contributed by atoms with E-state index in [1.807, 2.05) is 31.3 Å². The van der Waals surface area contributed by atoms with Gasteiger partial charge in [-0.1, -0.05) is 0 Å². The van der Waals surface area contributed by atoms with Gasteiger partial charge in [-0.2, -0.15) is 5.10 Å². The lowest BCUT2D eigenvalue weighted by atomic mass is 10.1. The first-order valence-corrected chi connectivity index (χ1v) is 4.64. The fourth-order valence-corrected chi connectivity index (χ4v) is 1.56. The van der Waals surface area contributed by atoms with E-state index in [1.165, 1.54) is 0 Å². The second kappa shape index (κ2) is 3.65. The summed E-state index contributed by atoms with van der Waals surface area (Å²) in [5.74, 6) is 0.763. The van der Waals surface area contributed by atoms with Crippen molar-refractivity contribution >= 4 is 5.69 Å². The Labute approximate surface area is 88.3 Å². The average Bonchev–Trinajstić information content (AvgIpc) is 2.64. The van der Waals surface area contributed by atoms with Crippen molar-refractivity contribution in [1.82, 2.24) is 9.78 Å². The van der Waals surface area contributed by atoms with E-state index in [0.717, 1.165) is 17.0 Å². The normalized spacial score (nSPS) is 10.3. The van der Waals surface area contributed by atoms with Gasteiger partial charge in [0.15, 0.2) is 0 Å². The number of hydrogen-bond donors (Lipinski definition) is 1. The molecule has 0 aliphatic rings. The van der Waals surface area contributed by atoms with E-state index in [0.29, 0.717) is 5.69 Å². The number of benzene rings is 1. The molecular weight excluding hydrogens is 190 g/mol. The smallest absolute Gasteiger partial charge is 0.130 e. The third-order valence-corrected chi connectivity index (χ3v) is 2.32. The summed E-state index contributed by atoms with van der Waals surface area (Å²) in [5, 5.41) is 4.12. The van der Waals surface area contributed by atoms with Crippen molar-refractivity contribution in [3.8, 4) is 17.0 Å². The molecule has 4 heteroatoms. The number of ether oxygens (including phenoxy) is 1. The molecule has 0 fully saturated rings. The number of nitrogens with zero attached hydrogens (tertiary/aromatic N) is 2. The molecule has 0 radical (unpaired) electrons. The topological polar surface area (TPSA) is 53.1 Å². The molecule has 2 N–H and O–H groups in total. The highest BCUT2D eigenvalue weighted by Gasteiger charge is 2.08. The van der Waals surface area contributed by atoms with Crippen LogP contribution in [0.25, 0.3) is 11.3 Å². The van der Waals surface area contributed by atoms with Crippen LogP contribution in [0.3, 0.4) is 0 Å². The second-order valence-corrected chi connectivity index (χ2v) is 3.30. The number of hydrogen-bond acceptors (Lipinski definition) is 3. The van der Waals surface area contributed by atoms with Crippen molar-refractivity contribution < 1.29 is 4.74 Å². The first-order chi connectivity index (χ1) is 7.22. The van der Waals surface area contributed by atoms with Gasteiger partial charge in [-0.15, -0.1) is 0 Å². The highest BCUT2D eigenvalue weighted by molar-refractivity contribution is 5.70. The van der Waals surface area contributed by atoms with Gasteiger partial charge < -0.3 is 10.5 Å². The highest BCUT2D eigenvalue weighted by Crippen LogP contribution is 2.30. The molecule has 4 nitrogen and oxygen atoms in total. The first kappa shape index (κ1) is 9.58. The van der Waals surface area contributed by atoms with Crippen LogP contribution in [0.2, 0.25) is 0 Å². The van der Waals surface area contributed by atoms with Crippen LogP contribution in [0.15, 0.2) is 30.5 Å². The van der Waals surface area contributed by atoms with Crippen LogP contribution in [0.5, 0.6) is 5.75 Å². The van der Waals surface area contributed by atoms with E-state index >= 15 is 0 Å². The zero-order chi connectivity index (χ0) is 10.8. The van der Waals surface area contributed by atoms with Gasteiger partial charge >= 0.3 is 0 Å². The molecule has 0 aliphatic heterocycles. The van der Waals surface area contributed by atoms with Crippen LogP contribution in [-0.4, -0.2) is 16.9 Å². The van der Waals surface area contributed by atoms with E-state index in [2.05, 4.69) is 5.10 Å². The molecular formula is C11H13N3O. The summed E-state index contributed by atoms with van der Waals surface area (Å²) in [6.45, 7) is 0. The highest BCUT2D eigenvalue weighted by atomic mass is 16.5. The van der Waals surface area contributed by atoms with Crippen LogP contribution < -0.4 is 10.5 Å². The van der Waals surface area contributed by atoms with Crippen molar-refractivity contribution in [3.63, 3.8) is 0 Å². The maximum absolute atomic E-state index is 5.69. The molecule has 0 spiro atoms. The Hall–Kier alpha value is -1.97. The molecule has 0 aliphatic carbocycles. The van der Waals surface area contributed by atoms with E-state index < -0.39 is 0 Å². The summed E-state index contributed by atoms with van der Waals surface area (Å²) in [6, 6.07) is 7.53. The molecule has 0 atom stereocenters. The second-order valence-electron chi connectivity index (χ2n) is 3.30. The zero-order valence-corrected chi connectivity index (χ0v) is 8.77. The van der Waals surface area contributed by atoms with E-state index in [4.69, 9.17) is 10.5 Å². The molecule has 1 aromatic heterocycles. The third kappa shape index (κ3) is 1.66. The summed E-state index contributed by atoms with van der Waals surface area (Å²) in [7, 11) is 3.53. The summed E-state index contributed by atoms with van der Waals surface area (Å²) in [4.78, 5) is 0. The van der Waals surface area contributed by atoms with Crippen molar-refractivity contribution in [2.24, 2.45) is 7.05 Å². The van der Waals surface area contributed by atoms with Crippen LogP contribution in [0.1, 0.15) is 0 Å². The minimum atomic E-state index is 0.692. The number of nitrogen functional groups attached to an aromatic ring is 1. The Morgan fingerprint density at radius 3 is 2.73 bits per heavy atom. The number of rotatable bonds is 2. The quantitative estimate of drug-likeness (QED) is 0.755. The van der Waals surface area contributed by atoms with Gasteiger partial charge in [-0.3, -0.25) is 4.68 Å². The number of anilines is 1. The third-order valence-electron chi connectivity index (χ3n) is 2.32. The van der Waals surface area contributed by atoms with Gasteiger partial charge in [0.2, 0.25) is 0 Å². The van der Waals surface area contributed by atoms with Crippen LogP contribution in [0.4, 0.5) is 5.69 Å². The minimum absolute atomic E-state index is 0.692. The SMILES string of the molecule is COc1cc(N)ccc1-c1ccnn1C. The average molecular weight is 203 g/mol. The summed E-state index contributed by atoms with van der Waals surface area (Å²) >= 11 is 0. The Bertz CT molecular complexity index is 476. The fraction of sp³-hybridized carbons (Fsp3) is 0.182. The van der Waals surface area contributed by atoms with Crippen molar-refractivity contribution in [2.45, 2.75) is 0 Å². The van der Waals surface area contributed by atoms with Crippen molar-refractivity contribution in [2.75, 3.05) is 12.8 Å². The molecule has 0 saturated heterocycles. The first-order valence-electron chi connectivity index (χ1n) is 4.64. The molecule has 2 aromatic rings. The maximum atomic E-state index is 5.69. The Morgan fingerprint density at radius 1 is 1.33 bits per heavy atom. The molecule has 15 heavy (non-hydrogen) atoms. The van der Waals surface area contributed by atoms with E-state index in [9.17, 15) is 0 Å². The summed E-state index contributed by atoms with van der Waals surface area (Å²) in [5.41, 5.74) is 8.38. The predicted octanol–water partition coefficient (Wildman–Crippen LogP) is 1.68. The van der Waals surface area contributed by atoms with Crippen molar-refractivity contribution in [3.05, 3.63) is 30.5 Å². The van der Waals surface area contributed by atoms with E-state index in [1.54, 1.807) is 18.0 Å². The summed E-state index contributed by atoms with van der Waals surface area (Å²) < 4.78 is 7.08. The van der Waals surface area contributed by atoms with Gasteiger partial charge in [0, 0.05) is 30.6 Å². The molecule has 1 aromatic carbocycles. The van der Waals surface area contributed by atoms with E-state index in [-0.39, 0.29) is 0 Å². The van der Waals surface area contributed by atoms with Crippen LogP contribution in [0, 0.1) is 0 Å². The number of methoxy groups -OCH3 is 1. The van der Waals surface area contributed by atoms with Crippen LogP contribution >= 0.6 is 0 Å². The van der Waals surface area contributed by atoms with Gasteiger partial charge in [0.05, 0.1) is 12.8 Å². The Morgan fingerprint density at radius 2 is 2.13 bits per heavy atom. The molecule has 0 bridgehead atoms. The molecule has 78 valence electrons. The zero-order valence-electron chi connectivity index (χ0n) is 8.77. The fourth-order valence-electron chi connectivity index (χ4n) is 1.56. The molecule has 1 heterocycles. The molecule has 0 unspecified atom stereocenters. The lowest BCUT2D eigenvalue weighted by Gasteiger charge is -2.09. The Balaban J connectivity index is 2.58.